The van der Waals surface area contributed by atoms with E-state index in [1.54, 1.807) is 7.05 Å². The number of hydrogen-bond donors (Lipinski definition) is 1. The minimum atomic E-state index is -0.461. The van der Waals surface area contributed by atoms with E-state index in [0.717, 1.165) is 0 Å². The highest BCUT2D eigenvalue weighted by molar-refractivity contribution is 5.42. The molecule has 0 unspecified atom stereocenters. The highest BCUT2D eigenvalue weighted by Crippen LogP contribution is 2.20. The van der Waals surface area contributed by atoms with Gasteiger partial charge in [0.1, 0.15) is 0 Å². The van der Waals surface area contributed by atoms with Crippen molar-refractivity contribution in [1.29, 1.82) is 0 Å². The van der Waals surface area contributed by atoms with Crippen molar-refractivity contribution in [3.63, 3.8) is 0 Å². The first kappa shape index (κ1) is 7.78. The predicted octanol–water partition coefficient (Wildman–Crippen LogP) is 1.27. The monoisotopic (exact) mass is 156 g/mol. The minimum absolute atomic E-state index is 0.198. The largest absolute Gasteiger partial charge is 0.493 e. The maximum Gasteiger partial charge on any atom is 0.207 e. The molecular weight excluding hydrogens is 147 g/mol. The van der Waals surface area contributed by atoms with Crippen LogP contribution in [0.1, 0.15) is 0 Å². The Labute approximate surface area is 64.2 Å². The van der Waals surface area contributed by atoms with Crippen LogP contribution in [0.2, 0.25) is 0 Å². The van der Waals surface area contributed by atoms with Crippen LogP contribution < -0.4 is 10.1 Å². The third-order valence-electron chi connectivity index (χ3n) is 1.31. The van der Waals surface area contributed by atoms with Gasteiger partial charge in [-0.2, -0.15) is 4.39 Å². The summed E-state index contributed by atoms with van der Waals surface area (Å²) in [5.41, 5.74) is 0. The molecule has 3 nitrogen and oxygen atoms in total. The lowest BCUT2D eigenvalue weighted by molar-refractivity contribution is 0.386. The summed E-state index contributed by atoms with van der Waals surface area (Å²) >= 11 is 0. The average molecular weight is 156 g/mol. The zero-order valence-electron chi connectivity index (χ0n) is 6.39. The van der Waals surface area contributed by atoms with E-state index < -0.39 is 5.82 Å². The zero-order chi connectivity index (χ0) is 8.27. The van der Waals surface area contributed by atoms with Gasteiger partial charge < -0.3 is 10.1 Å². The number of hydrogen-bond acceptors (Lipinski definition) is 3. The van der Waals surface area contributed by atoms with Crippen LogP contribution in [-0.4, -0.2) is 19.1 Å². The van der Waals surface area contributed by atoms with Gasteiger partial charge in [-0.3, -0.25) is 0 Å². The summed E-state index contributed by atoms with van der Waals surface area (Å²) in [7, 11) is 3.02. The van der Waals surface area contributed by atoms with Gasteiger partial charge in [-0.05, 0) is 0 Å². The molecule has 1 heterocycles. The van der Waals surface area contributed by atoms with Crippen LogP contribution in [-0.2, 0) is 0 Å². The first-order valence-corrected chi connectivity index (χ1v) is 3.16. The van der Waals surface area contributed by atoms with Gasteiger partial charge in [0.15, 0.2) is 11.6 Å². The third kappa shape index (κ3) is 1.39. The fraction of sp³-hybridized carbons (Fsp3) is 0.286. The standard InChI is InChI=1S/C7H9FN2O/c1-9-7-6(8)5(11-2)3-4-10-7/h3-4H,1-2H3,(H,9,10). The Hall–Kier alpha value is -1.32. The molecule has 0 saturated carbocycles. The van der Waals surface area contributed by atoms with E-state index in [4.69, 9.17) is 4.74 Å². The Bertz CT molecular complexity index is 230. The number of anilines is 1. The van der Waals surface area contributed by atoms with Crippen LogP contribution in [0.4, 0.5) is 10.2 Å². The quantitative estimate of drug-likeness (QED) is 0.700. The van der Waals surface area contributed by atoms with Crippen LogP contribution in [0, 0.1) is 5.82 Å². The number of methoxy groups -OCH3 is 1. The van der Waals surface area contributed by atoms with E-state index in [0.29, 0.717) is 0 Å². The minimum Gasteiger partial charge on any atom is -0.493 e. The molecule has 0 atom stereocenters. The van der Waals surface area contributed by atoms with E-state index in [9.17, 15) is 4.39 Å². The van der Waals surface area contributed by atoms with Gasteiger partial charge in [0, 0.05) is 19.3 Å². The fourth-order valence-corrected chi connectivity index (χ4v) is 0.758. The molecular formula is C7H9FN2O. The van der Waals surface area contributed by atoms with Crippen LogP contribution in [0.3, 0.4) is 0 Å². The number of pyridine rings is 1. The first-order chi connectivity index (χ1) is 5.29. The molecule has 1 aromatic rings. The molecule has 0 amide bonds. The molecule has 60 valence electrons. The molecule has 0 saturated heterocycles. The molecule has 0 aromatic carbocycles. The molecule has 11 heavy (non-hydrogen) atoms. The summed E-state index contributed by atoms with van der Waals surface area (Å²) in [4.78, 5) is 3.74. The molecule has 0 aliphatic heterocycles. The molecule has 0 spiro atoms. The van der Waals surface area contributed by atoms with Gasteiger partial charge in [-0.25, -0.2) is 4.98 Å². The van der Waals surface area contributed by atoms with Gasteiger partial charge in [0.05, 0.1) is 7.11 Å². The zero-order valence-corrected chi connectivity index (χ0v) is 6.39. The van der Waals surface area contributed by atoms with Crippen LogP contribution in [0.25, 0.3) is 0 Å². The number of rotatable bonds is 2. The Kier molecular flexibility index (Phi) is 2.25. The molecule has 0 aliphatic rings. The normalized spacial score (nSPS) is 9.36. The molecule has 0 bridgehead atoms. The summed E-state index contributed by atoms with van der Waals surface area (Å²) < 4.78 is 17.8. The molecule has 0 aliphatic carbocycles. The average Bonchev–Trinajstić information content (AvgIpc) is 2.05. The number of halogens is 1. The summed E-state index contributed by atoms with van der Waals surface area (Å²) in [5, 5.41) is 2.60. The SMILES string of the molecule is CNc1nccc(OC)c1F. The van der Waals surface area contributed by atoms with Gasteiger partial charge in [0.2, 0.25) is 5.82 Å². The lowest BCUT2D eigenvalue weighted by Crippen LogP contribution is -1.98. The van der Waals surface area contributed by atoms with E-state index in [1.807, 2.05) is 0 Å². The second-order valence-electron chi connectivity index (χ2n) is 1.93. The van der Waals surface area contributed by atoms with E-state index in [1.165, 1.54) is 19.4 Å². The van der Waals surface area contributed by atoms with Crippen molar-refractivity contribution >= 4 is 5.82 Å². The maximum absolute atomic E-state index is 13.0. The topological polar surface area (TPSA) is 34.2 Å². The molecule has 1 N–H and O–H groups in total. The van der Waals surface area contributed by atoms with Crippen molar-refractivity contribution in [3.8, 4) is 5.75 Å². The van der Waals surface area contributed by atoms with E-state index >= 15 is 0 Å². The van der Waals surface area contributed by atoms with Crippen molar-refractivity contribution < 1.29 is 9.13 Å². The second kappa shape index (κ2) is 3.18. The van der Waals surface area contributed by atoms with E-state index in [2.05, 4.69) is 10.3 Å². The first-order valence-electron chi connectivity index (χ1n) is 3.16. The molecule has 4 heteroatoms. The molecule has 1 aromatic heterocycles. The van der Waals surface area contributed by atoms with Crippen LogP contribution >= 0.6 is 0 Å². The van der Waals surface area contributed by atoms with Gasteiger partial charge >= 0.3 is 0 Å². The maximum atomic E-state index is 13.0. The van der Waals surface area contributed by atoms with E-state index in [-0.39, 0.29) is 11.6 Å². The highest BCUT2D eigenvalue weighted by Gasteiger charge is 2.06. The molecule has 1 rings (SSSR count). The van der Waals surface area contributed by atoms with Crippen molar-refractivity contribution in [2.24, 2.45) is 0 Å². The number of ether oxygens (including phenoxy) is 1. The second-order valence-corrected chi connectivity index (χ2v) is 1.93. The smallest absolute Gasteiger partial charge is 0.207 e. The van der Waals surface area contributed by atoms with Crippen LogP contribution in [0.5, 0.6) is 5.75 Å². The Morgan fingerprint density at radius 3 is 2.91 bits per heavy atom. The van der Waals surface area contributed by atoms with Gasteiger partial charge in [-0.1, -0.05) is 0 Å². The Morgan fingerprint density at radius 2 is 2.36 bits per heavy atom. The molecule has 0 radical (unpaired) electrons. The van der Waals surface area contributed by atoms with Gasteiger partial charge in [0.25, 0.3) is 0 Å². The summed E-state index contributed by atoms with van der Waals surface area (Å²) in [6.07, 6.45) is 1.48. The Morgan fingerprint density at radius 1 is 1.64 bits per heavy atom. The lowest BCUT2D eigenvalue weighted by Gasteiger charge is -2.04. The van der Waals surface area contributed by atoms with Crippen molar-refractivity contribution in [2.75, 3.05) is 19.5 Å². The van der Waals surface area contributed by atoms with Crippen molar-refractivity contribution in [3.05, 3.63) is 18.1 Å². The van der Waals surface area contributed by atoms with Crippen LogP contribution in [0.15, 0.2) is 12.3 Å². The summed E-state index contributed by atoms with van der Waals surface area (Å²) in [6, 6.07) is 1.47. The number of nitrogens with one attached hydrogen (secondary N) is 1. The number of nitrogens with zero attached hydrogens (tertiary/aromatic N) is 1. The molecule has 0 fully saturated rings. The lowest BCUT2D eigenvalue weighted by atomic mass is 10.4. The van der Waals surface area contributed by atoms with Gasteiger partial charge in [-0.15, -0.1) is 0 Å². The predicted molar refractivity (Wildman–Crippen MR) is 40.3 cm³/mol. The summed E-state index contributed by atoms with van der Waals surface area (Å²) in [5.74, 6) is -0.0637. The highest BCUT2D eigenvalue weighted by atomic mass is 19.1. The van der Waals surface area contributed by atoms with Crippen molar-refractivity contribution in [1.82, 2.24) is 4.98 Å². The number of aromatic nitrogens is 1. The summed E-state index contributed by atoms with van der Waals surface area (Å²) in [6.45, 7) is 0. The fourth-order valence-electron chi connectivity index (χ4n) is 0.758. The Balaban J connectivity index is 3.10. The third-order valence-corrected chi connectivity index (χ3v) is 1.31. The van der Waals surface area contributed by atoms with Crippen molar-refractivity contribution in [2.45, 2.75) is 0 Å².